The van der Waals surface area contributed by atoms with Crippen molar-refractivity contribution in [3.8, 4) is 0 Å². The second-order valence-corrected chi connectivity index (χ2v) is 6.13. The van der Waals surface area contributed by atoms with E-state index in [2.05, 4.69) is 0 Å². The van der Waals surface area contributed by atoms with Gasteiger partial charge >= 0.3 is 0 Å². The Balaban J connectivity index is 2.01. The molecule has 0 atom stereocenters. The Bertz CT molecular complexity index is 544. The molecule has 0 saturated heterocycles. The smallest absolute Gasteiger partial charge is 0.297 e. The molecule has 0 unspecified atom stereocenters. The predicted octanol–water partition coefficient (Wildman–Crippen LogP) is 0.964. The molecule has 0 radical (unpaired) electrons. The van der Waals surface area contributed by atoms with E-state index < -0.39 is 22.1 Å². The van der Waals surface area contributed by atoms with Crippen LogP contribution in [-0.2, 0) is 19.1 Å². The summed E-state index contributed by atoms with van der Waals surface area (Å²) < 4.78 is 28.8. The third-order valence-corrected chi connectivity index (χ3v) is 4.44. The van der Waals surface area contributed by atoms with Gasteiger partial charge in [-0.25, -0.2) is 0 Å². The van der Waals surface area contributed by atoms with Gasteiger partial charge in [-0.1, -0.05) is 17.7 Å². The highest BCUT2D eigenvalue weighted by Gasteiger charge is 2.37. The van der Waals surface area contributed by atoms with Crippen LogP contribution in [0.3, 0.4) is 0 Å². The number of carbonyl (C=O) groups excluding carboxylic acids is 1. The highest BCUT2D eigenvalue weighted by Crippen LogP contribution is 2.32. The van der Waals surface area contributed by atoms with E-state index in [0.717, 1.165) is 5.56 Å². The SMILES string of the molecule is Cc1ccc(S(=O)(=O)OC2CC(C(N)=O)C2)cc1. The van der Waals surface area contributed by atoms with Crippen molar-refractivity contribution in [2.24, 2.45) is 11.7 Å². The van der Waals surface area contributed by atoms with E-state index in [4.69, 9.17) is 9.92 Å². The first-order valence-corrected chi connectivity index (χ1v) is 7.08. The van der Waals surface area contributed by atoms with Crippen LogP contribution in [0.5, 0.6) is 0 Å². The molecule has 0 heterocycles. The van der Waals surface area contributed by atoms with Crippen molar-refractivity contribution in [3.63, 3.8) is 0 Å². The van der Waals surface area contributed by atoms with Gasteiger partial charge < -0.3 is 5.73 Å². The molecule has 6 heteroatoms. The predicted molar refractivity (Wildman–Crippen MR) is 65.2 cm³/mol. The number of amides is 1. The largest absolute Gasteiger partial charge is 0.369 e. The minimum atomic E-state index is -3.74. The number of primary amides is 1. The van der Waals surface area contributed by atoms with E-state index >= 15 is 0 Å². The van der Waals surface area contributed by atoms with Gasteiger partial charge in [0, 0.05) is 5.92 Å². The highest BCUT2D eigenvalue weighted by molar-refractivity contribution is 7.86. The van der Waals surface area contributed by atoms with Gasteiger partial charge in [-0.05, 0) is 31.9 Å². The minimum absolute atomic E-state index is 0.135. The summed E-state index contributed by atoms with van der Waals surface area (Å²) in [6, 6.07) is 6.44. The summed E-state index contributed by atoms with van der Waals surface area (Å²) in [6.45, 7) is 1.88. The molecular formula is C12H15NO4S. The molecule has 2 N–H and O–H groups in total. The lowest BCUT2D eigenvalue weighted by molar-refractivity contribution is -0.127. The number of nitrogens with two attached hydrogens (primary N) is 1. The molecule has 1 aromatic rings. The van der Waals surface area contributed by atoms with E-state index in [1.807, 2.05) is 6.92 Å². The molecule has 98 valence electrons. The molecule has 1 aliphatic rings. The zero-order valence-corrected chi connectivity index (χ0v) is 10.8. The number of benzene rings is 1. The molecule has 5 nitrogen and oxygen atoms in total. The molecule has 0 aliphatic heterocycles. The Labute approximate surface area is 106 Å². The number of carbonyl (C=O) groups is 1. The van der Waals surface area contributed by atoms with Crippen molar-refractivity contribution in [1.82, 2.24) is 0 Å². The molecule has 1 fully saturated rings. The molecule has 1 amide bonds. The Morgan fingerprint density at radius 3 is 2.33 bits per heavy atom. The zero-order chi connectivity index (χ0) is 13.3. The normalized spacial score (nSPS) is 23.4. The third kappa shape index (κ3) is 2.70. The van der Waals surface area contributed by atoms with Crippen molar-refractivity contribution in [3.05, 3.63) is 29.8 Å². The fourth-order valence-corrected chi connectivity index (χ4v) is 2.91. The number of hydrogen-bond acceptors (Lipinski definition) is 4. The molecule has 1 aliphatic carbocycles. The molecular weight excluding hydrogens is 254 g/mol. The lowest BCUT2D eigenvalue weighted by atomic mass is 9.82. The van der Waals surface area contributed by atoms with Gasteiger partial charge in [0.2, 0.25) is 5.91 Å². The van der Waals surface area contributed by atoms with Gasteiger partial charge in [0.1, 0.15) is 0 Å². The van der Waals surface area contributed by atoms with E-state index in [9.17, 15) is 13.2 Å². The molecule has 0 bridgehead atoms. The second-order valence-electron chi connectivity index (χ2n) is 4.56. The monoisotopic (exact) mass is 269 g/mol. The van der Waals surface area contributed by atoms with Crippen LogP contribution in [-0.4, -0.2) is 20.4 Å². The van der Waals surface area contributed by atoms with Crippen molar-refractivity contribution in [1.29, 1.82) is 0 Å². The summed E-state index contributed by atoms with van der Waals surface area (Å²) >= 11 is 0. The first kappa shape index (κ1) is 13.0. The van der Waals surface area contributed by atoms with Crippen LogP contribution in [0, 0.1) is 12.8 Å². The Kier molecular flexibility index (Phi) is 3.41. The van der Waals surface area contributed by atoms with Gasteiger partial charge in [0.25, 0.3) is 10.1 Å². The van der Waals surface area contributed by atoms with Crippen molar-refractivity contribution < 1.29 is 17.4 Å². The van der Waals surface area contributed by atoms with Gasteiger partial charge in [-0.2, -0.15) is 8.42 Å². The fraction of sp³-hybridized carbons (Fsp3) is 0.417. The molecule has 1 aromatic carbocycles. The quantitative estimate of drug-likeness (QED) is 0.825. The van der Waals surface area contributed by atoms with Crippen molar-refractivity contribution in [2.45, 2.75) is 30.8 Å². The zero-order valence-electron chi connectivity index (χ0n) is 10.00. The van der Waals surface area contributed by atoms with E-state index in [0.29, 0.717) is 12.8 Å². The maximum absolute atomic E-state index is 11.9. The Hall–Kier alpha value is -1.40. The van der Waals surface area contributed by atoms with Crippen LogP contribution in [0.4, 0.5) is 0 Å². The van der Waals surface area contributed by atoms with Crippen LogP contribution >= 0.6 is 0 Å². The highest BCUT2D eigenvalue weighted by atomic mass is 32.2. The first-order valence-electron chi connectivity index (χ1n) is 5.68. The summed E-state index contributed by atoms with van der Waals surface area (Å²) in [6.07, 6.45) is 0.315. The van der Waals surface area contributed by atoms with Crippen LogP contribution in [0.1, 0.15) is 18.4 Å². The van der Waals surface area contributed by atoms with Crippen LogP contribution in [0.25, 0.3) is 0 Å². The lowest BCUT2D eigenvalue weighted by Gasteiger charge is -2.31. The second kappa shape index (κ2) is 4.70. The van der Waals surface area contributed by atoms with Gasteiger partial charge in [0.15, 0.2) is 0 Å². The average Bonchev–Trinajstić information content (AvgIpc) is 2.23. The van der Waals surface area contributed by atoms with Gasteiger partial charge in [-0.15, -0.1) is 0 Å². The van der Waals surface area contributed by atoms with Gasteiger partial charge in [-0.3, -0.25) is 8.98 Å². The molecule has 2 rings (SSSR count). The Morgan fingerprint density at radius 2 is 1.83 bits per heavy atom. The molecule has 0 aromatic heterocycles. The first-order chi connectivity index (χ1) is 8.38. The average molecular weight is 269 g/mol. The summed E-state index contributed by atoms with van der Waals surface area (Å²) in [5, 5.41) is 0. The molecule has 1 saturated carbocycles. The topological polar surface area (TPSA) is 86.5 Å². The van der Waals surface area contributed by atoms with Crippen LogP contribution in [0.2, 0.25) is 0 Å². The Morgan fingerprint density at radius 1 is 1.28 bits per heavy atom. The van der Waals surface area contributed by atoms with E-state index in [-0.39, 0.29) is 10.8 Å². The maximum Gasteiger partial charge on any atom is 0.297 e. The minimum Gasteiger partial charge on any atom is -0.369 e. The van der Waals surface area contributed by atoms with Gasteiger partial charge in [0.05, 0.1) is 11.0 Å². The number of hydrogen-bond donors (Lipinski definition) is 1. The molecule has 0 spiro atoms. The number of rotatable bonds is 4. The maximum atomic E-state index is 11.9. The summed E-state index contributed by atoms with van der Waals surface area (Å²) in [5.74, 6) is -0.661. The third-order valence-electron chi connectivity index (χ3n) is 3.07. The number of aryl methyl sites for hydroxylation is 1. The summed E-state index contributed by atoms with van der Waals surface area (Å²) in [4.78, 5) is 11.0. The summed E-state index contributed by atoms with van der Waals surface area (Å²) in [5.41, 5.74) is 6.09. The standard InChI is InChI=1S/C12H15NO4S/c1-8-2-4-11(5-3-8)18(15,16)17-10-6-9(7-10)12(13)14/h2-5,9-10H,6-7H2,1H3,(H2,13,14). The van der Waals surface area contributed by atoms with E-state index in [1.54, 1.807) is 12.1 Å². The van der Waals surface area contributed by atoms with Crippen LogP contribution in [0.15, 0.2) is 29.2 Å². The molecule has 18 heavy (non-hydrogen) atoms. The van der Waals surface area contributed by atoms with Crippen molar-refractivity contribution in [2.75, 3.05) is 0 Å². The van der Waals surface area contributed by atoms with Crippen molar-refractivity contribution >= 4 is 16.0 Å². The lowest BCUT2D eigenvalue weighted by Crippen LogP contribution is -2.40. The van der Waals surface area contributed by atoms with Crippen LogP contribution < -0.4 is 5.73 Å². The summed E-state index contributed by atoms with van der Waals surface area (Å²) in [7, 11) is -3.74. The van der Waals surface area contributed by atoms with E-state index in [1.165, 1.54) is 12.1 Å². The fourth-order valence-electron chi connectivity index (χ4n) is 1.82.